The van der Waals surface area contributed by atoms with Gasteiger partial charge in [0.2, 0.25) is 0 Å². The molecular weight excluding hydrogens is 236 g/mol. The van der Waals surface area contributed by atoms with E-state index in [1.165, 1.54) is 19.3 Å². The molecule has 0 saturated heterocycles. The fraction of sp³-hybridized carbons (Fsp3) is 0.941. The quantitative estimate of drug-likeness (QED) is 0.823. The van der Waals surface area contributed by atoms with Crippen molar-refractivity contribution >= 4 is 5.97 Å². The Morgan fingerprint density at radius 3 is 1.79 bits per heavy atom. The summed E-state index contributed by atoms with van der Waals surface area (Å²) in [5.41, 5.74) is 0.220. The molecule has 4 atom stereocenters. The second-order valence-electron chi connectivity index (χ2n) is 8.63. The molecule has 4 rings (SSSR count). The number of carboxylic acids is 1. The Hall–Kier alpha value is -0.530. The summed E-state index contributed by atoms with van der Waals surface area (Å²) >= 11 is 0. The summed E-state index contributed by atoms with van der Waals surface area (Å²) in [6.07, 6.45) is 6.68. The maximum Gasteiger partial charge on any atom is 0.309 e. The third-order valence-corrected chi connectivity index (χ3v) is 7.06. The molecule has 4 aliphatic rings. The lowest BCUT2D eigenvalue weighted by Crippen LogP contribution is -2.61. The summed E-state index contributed by atoms with van der Waals surface area (Å²) in [5, 5.41) is 9.87. The molecule has 4 fully saturated rings. The molecule has 4 bridgehead atoms. The zero-order chi connectivity index (χ0) is 14.1. The van der Waals surface area contributed by atoms with Crippen molar-refractivity contribution in [2.45, 2.75) is 66.2 Å². The van der Waals surface area contributed by atoms with Crippen LogP contribution in [-0.4, -0.2) is 11.1 Å². The molecule has 2 nitrogen and oxygen atoms in total. The Balaban J connectivity index is 2.08. The normalized spacial score (nSPS) is 48.2. The van der Waals surface area contributed by atoms with Crippen LogP contribution in [0.4, 0.5) is 0 Å². The highest BCUT2D eigenvalue weighted by molar-refractivity contribution is 5.75. The highest BCUT2D eigenvalue weighted by Gasteiger charge is 2.66. The SMILES string of the molecule is CC(C)[C@@]12CC3CC(C(=O)O)(C1)C[C@](C(C)C)(C3)C2. The molecule has 0 aromatic carbocycles. The number of hydrogen-bond donors (Lipinski definition) is 1. The molecular formula is C17H28O2. The molecule has 4 aliphatic carbocycles. The maximum absolute atomic E-state index is 12.0. The van der Waals surface area contributed by atoms with E-state index in [2.05, 4.69) is 27.7 Å². The molecule has 0 spiro atoms. The molecule has 0 aromatic heterocycles. The summed E-state index contributed by atoms with van der Waals surface area (Å²) in [7, 11) is 0. The second-order valence-corrected chi connectivity index (χ2v) is 8.63. The number of hydrogen-bond acceptors (Lipinski definition) is 1. The standard InChI is InChI=1S/C17H28O2/c1-11(2)15-5-13-6-16(8-15,12(3)4)10-17(7-13,9-15)14(18)19/h11-13H,5-10H2,1-4H3,(H,18,19)/t13?,15-,16+,17?. The minimum atomic E-state index is -0.508. The molecule has 19 heavy (non-hydrogen) atoms. The Morgan fingerprint density at radius 2 is 1.42 bits per heavy atom. The van der Waals surface area contributed by atoms with Gasteiger partial charge in [-0.3, -0.25) is 4.79 Å². The molecule has 1 N–H and O–H groups in total. The number of carbonyl (C=O) groups is 1. The lowest BCUT2D eigenvalue weighted by molar-refractivity contribution is -0.207. The molecule has 2 heteroatoms. The van der Waals surface area contributed by atoms with Crippen LogP contribution in [-0.2, 0) is 4.79 Å². The fourth-order valence-corrected chi connectivity index (χ4v) is 6.11. The van der Waals surface area contributed by atoms with Crippen LogP contribution in [0.25, 0.3) is 0 Å². The van der Waals surface area contributed by atoms with E-state index < -0.39 is 11.4 Å². The lowest BCUT2D eigenvalue weighted by Gasteiger charge is -2.68. The lowest BCUT2D eigenvalue weighted by atomic mass is 9.36. The van der Waals surface area contributed by atoms with Gasteiger partial charge < -0.3 is 5.11 Å². The van der Waals surface area contributed by atoms with Gasteiger partial charge in [-0.15, -0.1) is 0 Å². The number of aliphatic carboxylic acids is 1. The van der Waals surface area contributed by atoms with Crippen LogP contribution >= 0.6 is 0 Å². The van der Waals surface area contributed by atoms with Crippen LogP contribution < -0.4 is 0 Å². The number of rotatable bonds is 3. The Kier molecular flexibility index (Phi) is 2.67. The molecule has 0 aliphatic heterocycles. The minimum Gasteiger partial charge on any atom is -0.481 e. The summed E-state index contributed by atoms with van der Waals surface area (Å²) < 4.78 is 0. The van der Waals surface area contributed by atoms with Crippen LogP contribution in [0.5, 0.6) is 0 Å². The molecule has 0 heterocycles. The van der Waals surface area contributed by atoms with E-state index in [4.69, 9.17) is 0 Å². The first-order valence-electron chi connectivity index (χ1n) is 7.97. The van der Waals surface area contributed by atoms with Gasteiger partial charge in [-0.25, -0.2) is 0 Å². The van der Waals surface area contributed by atoms with Gasteiger partial charge in [0.1, 0.15) is 0 Å². The Bertz CT molecular complexity index is 385. The van der Waals surface area contributed by atoms with Gasteiger partial charge in [-0.2, -0.15) is 0 Å². The van der Waals surface area contributed by atoms with Crippen molar-refractivity contribution in [3.63, 3.8) is 0 Å². The maximum atomic E-state index is 12.0. The first-order valence-corrected chi connectivity index (χ1v) is 7.97. The molecule has 4 saturated carbocycles. The summed E-state index contributed by atoms with van der Waals surface area (Å²) in [5.74, 6) is 1.39. The molecule has 108 valence electrons. The largest absolute Gasteiger partial charge is 0.481 e. The summed E-state index contributed by atoms with van der Waals surface area (Å²) in [6.45, 7) is 9.26. The van der Waals surface area contributed by atoms with Gasteiger partial charge in [-0.05, 0) is 67.1 Å². The Labute approximate surface area is 117 Å². The van der Waals surface area contributed by atoms with E-state index in [-0.39, 0.29) is 0 Å². The third-order valence-electron chi connectivity index (χ3n) is 7.06. The van der Waals surface area contributed by atoms with Gasteiger partial charge in [0.05, 0.1) is 5.41 Å². The van der Waals surface area contributed by atoms with Crippen LogP contribution in [0.3, 0.4) is 0 Å². The van der Waals surface area contributed by atoms with Crippen molar-refractivity contribution in [2.24, 2.45) is 34.0 Å². The molecule has 0 amide bonds. The van der Waals surface area contributed by atoms with E-state index in [9.17, 15) is 9.90 Å². The van der Waals surface area contributed by atoms with E-state index in [0.29, 0.717) is 28.6 Å². The van der Waals surface area contributed by atoms with Gasteiger partial charge >= 0.3 is 5.97 Å². The van der Waals surface area contributed by atoms with E-state index in [1.807, 2.05) is 0 Å². The predicted molar refractivity (Wildman–Crippen MR) is 75.8 cm³/mol. The highest BCUT2D eigenvalue weighted by Crippen LogP contribution is 2.73. The first kappa shape index (κ1) is 13.5. The van der Waals surface area contributed by atoms with Gasteiger partial charge in [0.25, 0.3) is 0 Å². The average molecular weight is 264 g/mol. The fourth-order valence-electron chi connectivity index (χ4n) is 6.11. The zero-order valence-electron chi connectivity index (χ0n) is 12.8. The van der Waals surface area contributed by atoms with Crippen molar-refractivity contribution < 1.29 is 9.90 Å². The van der Waals surface area contributed by atoms with Gasteiger partial charge in [-0.1, -0.05) is 27.7 Å². The molecule has 0 radical (unpaired) electrons. The van der Waals surface area contributed by atoms with Crippen molar-refractivity contribution in [1.29, 1.82) is 0 Å². The van der Waals surface area contributed by atoms with Crippen molar-refractivity contribution in [3.05, 3.63) is 0 Å². The first-order chi connectivity index (χ1) is 8.74. The molecule has 2 unspecified atom stereocenters. The van der Waals surface area contributed by atoms with E-state index in [1.54, 1.807) is 0 Å². The monoisotopic (exact) mass is 264 g/mol. The molecule has 0 aromatic rings. The van der Waals surface area contributed by atoms with Crippen LogP contribution in [0, 0.1) is 34.0 Å². The highest BCUT2D eigenvalue weighted by atomic mass is 16.4. The Morgan fingerprint density at radius 1 is 0.947 bits per heavy atom. The predicted octanol–water partition coefficient (Wildman–Crippen LogP) is 4.34. The van der Waals surface area contributed by atoms with E-state index in [0.717, 1.165) is 19.3 Å². The van der Waals surface area contributed by atoms with Crippen molar-refractivity contribution in [1.82, 2.24) is 0 Å². The smallest absolute Gasteiger partial charge is 0.309 e. The topological polar surface area (TPSA) is 37.3 Å². The minimum absolute atomic E-state index is 0.308. The van der Waals surface area contributed by atoms with Gasteiger partial charge in [0.15, 0.2) is 0 Å². The van der Waals surface area contributed by atoms with Crippen molar-refractivity contribution in [3.8, 4) is 0 Å². The van der Waals surface area contributed by atoms with Gasteiger partial charge in [0, 0.05) is 0 Å². The van der Waals surface area contributed by atoms with Crippen LogP contribution in [0.15, 0.2) is 0 Å². The number of carboxylic acid groups (broad SMARTS) is 1. The summed E-state index contributed by atoms with van der Waals surface area (Å²) in [4.78, 5) is 12.0. The van der Waals surface area contributed by atoms with E-state index >= 15 is 0 Å². The second kappa shape index (κ2) is 3.77. The van der Waals surface area contributed by atoms with Crippen LogP contribution in [0.2, 0.25) is 0 Å². The summed E-state index contributed by atoms with van der Waals surface area (Å²) in [6, 6.07) is 0. The third kappa shape index (κ3) is 1.64. The van der Waals surface area contributed by atoms with Crippen molar-refractivity contribution in [2.75, 3.05) is 0 Å². The zero-order valence-corrected chi connectivity index (χ0v) is 12.8. The van der Waals surface area contributed by atoms with Crippen LogP contribution in [0.1, 0.15) is 66.2 Å². The average Bonchev–Trinajstić information content (AvgIpc) is 2.26.